The van der Waals surface area contributed by atoms with E-state index in [1.165, 1.54) is 18.4 Å². The van der Waals surface area contributed by atoms with Gasteiger partial charge >= 0.3 is 0 Å². The minimum absolute atomic E-state index is 0.0476. The summed E-state index contributed by atoms with van der Waals surface area (Å²) in [5, 5.41) is 12.4. The van der Waals surface area contributed by atoms with Gasteiger partial charge in [-0.2, -0.15) is 0 Å². The lowest BCUT2D eigenvalue weighted by Gasteiger charge is -2.14. The van der Waals surface area contributed by atoms with E-state index in [0.29, 0.717) is 11.3 Å². The number of rotatable bonds is 5. The highest BCUT2D eigenvalue weighted by Crippen LogP contribution is 2.17. The summed E-state index contributed by atoms with van der Waals surface area (Å²) in [6, 6.07) is 9.20. The quantitative estimate of drug-likeness (QED) is 0.882. The molecule has 1 aromatic heterocycles. The highest BCUT2D eigenvalue weighted by atomic mass is 19.1. The molecule has 2 rings (SSSR count). The molecule has 0 spiro atoms. The van der Waals surface area contributed by atoms with E-state index in [1.54, 1.807) is 31.2 Å². The van der Waals surface area contributed by atoms with Crippen LogP contribution < -0.4 is 5.32 Å². The number of furan rings is 1. The Morgan fingerprint density at radius 3 is 2.85 bits per heavy atom. The molecule has 4 nitrogen and oxygen atoms in total. The summed E-state index contributed by atoms with van der Waals surface area (Å²) in [5.74, 6) is -0.753. The standard InChI is InChI=1S/C15H16FNO3/c1-10(11-4-2-5-12(16)8-11)15(19)17-9-13(18)14-6-3-7-20-14/h2-8,10,13,18H,9H2,1H3,(H,17,19). The number of hydrogen-bond acceptors (Lipinski definition) is 3. The fourth-order valence-electron chi connectivity index (χ4n) is 1.86. The van der Waals surface area contributed by atoms with E-state index in [2.05, 4.69) is 5.32 Å². The fraction of sp³-hybridized carbons (Fsp3) is 0.267. The number of carbonyl (C=O) groups excluding carboxylic acids is 1. The number of hydrogen-bond donors (Lipinski definition) is 2. The molecular formula is C15H16FNO3. The van der Waals surface area contributed by atoms with Gasteiger partial charge < -0.3 is 14.8 Å². The van der Waals surface area contributed by atoms with Crippen LogP contribution in [0.15, 0.2) is 47.1 Å². The van der Waals surface area contributed by atoms with Crippen molar-refractivity contribution in [3.63, 3.8) is 0 Å². The molecule has 2 aromatic rings. The largest absolute Gasteiger partial charge is 0.467 e. The van der Waals surface area contributed by atoms with Crippen molar-refractivity contribution in [3.8, 4) is 0 Å². The third kappa shape index (κ3) is 3.45. The van der Waals surface area contributed by atoms with E-state index in [-0.39, 0.29) is 18.3 Å². The van der Waals surface area contributed by atoms with Gasteiger partial charge in [0.05, 0.1) is 18.7 Å². The fourth-order valence-corrected chi connectivity index (χ4v) is 1.86. The smallest absolute Gasteiger partial charge is 0.227 e. The van der Waals surface area contributed by atoms with Crippen molar-refractivity contribution < 1.29 is 18.7 Å². The Hall–Kier alpha value is -2.14. The van der Waals surface area contributed by atoms with Crippen molar-refractivity contribution in [3.05, 3.63) is 59.8 Å². The molecule has 5 heteroatoms. The van der Waals surface area contributed by atoms with Crippen LogP contribution in [0.4, 0.5) is 4.39 Å². The molecule has 0 fully saturated rings. The molecule has 0 aliphatic heterocycles. The first-order valence-corrected chi connectivity index (χ1v) is 6.32. The highest BCUT2D eigenvalue weighted by molar-refractivity contribution is 5.83. The van der Waals surface area contributed by atoms with Crippen molar-refractivity contribution >= 4 is 5.91 Å². The zero-order valence-electron chi connectivity index (χ0n) is 11.0. The van der Waals surface area contributed by atoms with E-state index in [1.807, 2.05) is 0 Å². The lowest BCUT2D eigenvalue weighted by molar-refractivity contribution is -0.122. The topological polar surface area (TPSA) is 62.5 Å². The average Bonchev–Trinajstić information content (AvgIpc) is 2.97. The molecule has 106 valence electrons. The van der Waals surface area contributed by atoms with E-state index in [9.17, 15) is 14.3 Å². The molecule has 2 unspecified atom stereocenters. The van der Waals surface area contributed by atoms with Crippen LogP contribution >= 0.6 is 0 Å². The zero-order chi connectivity index (χ0) is 14.5. The predicted molar refractivity (Wildman–Crippen MR) is 71.5 cm³/mol. The monoisotopic (exact) mass is 277 g/mol. The Kier molecular flexibility index (Phi) is 4.53. The molecule has 0 aliphatic rings. The second-order valence-electron chi connectivity index (χ2n) is 4.55. The Morgan fingerprint density at radius 2 is 2.20 bits per heavy atom. The molecular weight excluding hydrogens is 261 g/mol. The normalized spacial score (nSPS) is 13.8. The van der Waals surface area contributed by atoms with Crippen LogP contribution in [0.5, 0.6) is 0 Å². The summed E-state index contributed by atoms with van der Waals surface area (Å²) in [6.45, 7) is 1.73. The Bertz CT molecular complexity index is 568. The molecule has 2 atom stereocenters. The predicted octanol–water partition coefficient (Wildman–Crippen LogP) is 2.37. The molecule has 1 amide bonds. The maximum Gasteiger partial charge on any atom is 0.227 e. The summed E-state index contributed by atoms with van der Waals surface area (Å²) in [6.07, 6.45) is 0.559. The number of amides is 1. The van der Waals surface area contributed by atoms with Crippen molar-refractivity contribution in [1.82, 2.24) is 5.32 Å². The summed E-state index contributed by atoms with van der Waals surface area (Å²) in [5.41, 5.74) is 0.593. The zero-order valence-corrected chi connectivity index (χ0v) is 11.0. The molecule has 0 saturated heterocycles. The van der Waals surface area contributed by atoms with Crippen LogP contribution in [0.25, 0.3) is 0 Å². The second kappa shape index (κ2) is 6.34. The number of nitrogens with one attached hydrogen (secondary N) is 1. The van der Waals surface area contributed by atoms with E-state index in [0.717, 1.165) is 0 Å². The van der Waals surface area contributed by atoms with Crippen LogP contribution in [0, 0.1) is 5.82 Å². The van der Waals surface area contributed by atoms with Crippen molar-refractivity contribution in [2.75, 3.05) is 6.54 Å². The van der Waals surface area contributed by atoms with Crippen LogP contribution in [-0.4, -0.2) is 17.6 Å². The number of benzene rings is 1. The van der Waals surface area contributed by atoms with Gasteiger partial charge in [-0.25, -0.2) is 4.39 Å². The molecule has 1 aromatic carbocycles. The lowest BCUT2D eigenvalue weighted by Crippen LogP contribution is -2.31. The number of aliphatic hydroxyl groups is 1. The highest BCUT2D eigenvalue weighted by Gasteiger charge is 2.18. The number of halogens is 1. The maximum absolute atomic E-state index is 13.1. The van der Waals surface area contributed by atoms with Gasteiger partial charge in [0.2, 0.25) is 5.91 Å². The van der Waals surface area contributed by atoms with Crippen LogP contribution in [0.2, 0.25) is 0 Å². The van der Waals surface area contributed by atoms with Gasteiger partial charge in [0.1, 0.15) is 17.7 Å². The van der Waals surface area contributed by atoms with Crippen molar-refractivity contribution in [2.24, 2.45) is 0 Å². The van der Waals surface area contributed by atoms with Crippen molar-refractivity contribution in [1.29, 1.82) is 0 Å². The van der Waals surface area contributed by atoms with Crippen LogP contribution in [0.3, 0.4) is 0 Å². The maximum atomic E-state index is 13.1. The number of carbonyl (C=O) groups is 1. The minimum Gasteiger partial charge on any atom is -0.467 e. The van der Waals surface area contributed by atoms with Crippen LogP contribution in [-0.2, 0) is 4.79 Å². The third-order valence-electron chi connectivity index (χ3n) is 3.08. The Balaban J connectivity index is 1.91. The Morgan fingerprint density at radius 1 is 1.40 bits per heavy atom. The van der Waals surface area contributed by atoms with Gasteiger partial charge in [-0.05, 0) is 36.8 Å². The third-order valence-corrected chi connectivity index (χ3v) is 3.08. The summed E-state index contributed by atoms with van der Waals surface area (Å²) in [7, 11) is 0. The van der Waals surface area contributed by atoms with Gasteiger partial charge in [0.25, 0.3) is 0 Å². The first kappa shape index (κ1) is 14.3. The molecule has 0 saturated carbocycles. The summed E-state index contributed by atoms with van der Waals surface area (Å²) < 4.78 is 18.1. The molecule has 1 heterocycles. The lowest BCUT2D eigenvalue weighted by atomic mass is 10.0. The average molecular weight is 277 g/mol. The van der Waals surface area contributed by atoms with E-state index >= 15 is 0 Å². The molecule has 2 N–H and O–H groups in total. The first-order chi connectivity index (χ1) is 9.58. The van der Waals surface area contributed by atoms with Gasteiger partial charge in [0, 0.05) is 0 Å². The van der Waals surface area contributed by atoms with Gasteiger partial charge in [-0.15, -0.1) is 0 Å². The first-order valence-electron chi connectivity index (χ1n) is 6.32. The summed E-state index contributed by atoms with van der Waals surface area (Å²) >= 11 is 0. The van der Waals surface area contributed by atoms with Crippen LogP contribution in [0.1, 0.15) is 30.3 Å². The summed E-state index contributed by atoms with van der Waals surface area (Å²) in [4.78, 5) is 12.0. The number of aliphatic hydroxyl groups excluding tert-OH is 1. The SMILES string of the molecule is CC(C(=O)NCC(O)c1ccco1)c1cccc(F)c1. The molecule has 0 aliphatic carbocycles. The van der Waals surface area contributed by atoms with Gasteiger partial charge in [-0.3, -0.25) is 4.79 Å². The second-order valence-corrected chi connectivity index (χ2v) is 4.55. The van der Waals surface area contributed by atoms with E-state index in [4.69, 9.17) is 4.42 Å². The van der Waals surface area contributed by atoms with Gasteiger partial charge in [0.15, 0.2) is 0 Å². The minimum atomic E-state index is -0.895. The molecule has 0 radical (unpaired) electrons. The van der Waals surface area contributed by atoms with Crippen molar-refractivity contribution in [2.45, 2.75) is 18.9 Å². The molecule has 20 heavy (non-hydrogen) atoms. The van der Waals surface area contributed by atoms with E-state index < -0.39 is 12.0 Å². The van der Waals surface area contributed by atoms with Gasteiger partial charge in [-0.1, -0.05) is 12.1 Å². The Labute approximate surface area is 116 Å². The molecule has 0 bridgehead atoms.